The summed E-state index contributed by atoms with van der Waals surface area (Å²) in [5.74, 6) is -0.0712. The largest absolute Gasteiger partial charge is 0.505 e. The Balaban J connectivity index is 2.43. The van der Waals surface area contributed by atoms with Crippen LogP contribution in [-0.4, -0.2) is 13.5 Å². The third-order valence-electron chi connectivity index (χ3n) is 2.61. The highest BCUT2D eigenvalue weighted by Gasteiger charge is 2.18. The van der Waals surface area contributed by atoms with E-state index in [-0.39, 0.29) is 16.3 Å². The van der Waals surface area contributed by atoms with E-state index in [0.717, 1.165) is 0 Å². The van der Waals surface area contributed by atoms with Gasteiger partial charge in [-0.1, -0.05) is 24.3 Å². The first-order valence-electron chi connectivity index (χ1n) is 5.48. The third-order valence-corrected chi connectivity index (χ3v) is 4.99. The number of halogens is 1. The molecule has 0 saturated heterocycles. The van der Waals surface area contributed by atoms with E-state index in [4.69, 9.17) is 0 Å². The number of para-hydroxylation sites is 1. The first-order chi connectivity index (χ1) is 8.92. The predicted molar refractivity (Wildman–Crippen MR) is 77.8 cm³/mol. The minimum Gasteiger partial charge on any atom is -0.505 e. The summed E-state index contributed by atoms with van der Waals surface area (Å²) in [5.41, 5.74) is 0.767. The van der Waals surface area contributed by atoms with E-state index in [9.17, 15) is 13.5 Å². The minimum atomic E-state index is -3.74. The summed E-state index contributed by atoms with van der Waals surface area (Å²) >= 11 is 3.20. The Morgan fingerprint density at radius 1 is 1.11 bits per heavy atom. The van der Waals surface area contributed by atoms with Gasteiger partial charge in [-0.3, -0.25) is 4.72 Å². The molecule has 4 nitrogen and oxygen atoms in total. The van der Waals surface area contributed by atoms with Gasteiger partial charge >= 0.3 is 0 Å². The second kappa shape index (κ2) is 5.22. The van der Waals surface area contributed by atoms with Gasteiger partial charge in [-0.05, 0) is 46.6 Å². The number of sulfonamides is 1. The van der Waals surface area contributed by atoms with Gasteiger partial charge in [0.15, 0.2) is 0 Å². The normalized spacial score (nSPS) is 11.3. The highest BCUT2D eigenvalue weighted by molar-refractivity contribution is 9.10. The lowest BCUT2D eigenvalue weighted by Gasteiger charge is -2.11. The Hall–Kier alpha value is -1.53. The van der Waals surface area contributed by atoms with E-state index in [1.165, 1.54) is 12.1 Å². The molecular formula is C13H12BrNO3S. The van der Waals surface area contributed by atoms with Gasteiger partial charge in [0.1, 0.15) is 10.6 Å². The number of phenols is 1. The van der Waals surface area contributed by atoms with E-state index < -0.39 is 10.0 Å². The Labute approximate surface area is 120 Å². The molecule has 0 bridgehead atoms. The van der Waals surface area contributed by atoms with Crippen molar-refractivity contribution in [2.24, 2.45) is 0 Å². The molecule has 0 aliphatic carbocycles. The maximum atomic E-state index is 12.2. The molecule has 2 aromatic carbocycles. The number of aryl methyl sites for hydroxylation is 1. The molecule has 100 valence electrons. The quantitative estimate of drug-likeness (QED) is 0.842. The van der Waals surface area contributed by atoms with Crippen LogP contribution in [0.1, 0.15) is 5.56 Å². The van der Waals surface area contributed by atoms with E-state index in [0.29, 0.717) is 10.0 Å². The van der Waals surface area contributed by atoms with Crippen molar-refractivity contribution in [2.45, 2.75) is 11.8 Å². The molecular weight excluding hydrogens is 330 g/mol. The number of rotatable bonds is 3. The predicted octanol–water partition coefficient (Wildman–Crippen LogP) is 3.26. The molecule has 0 aliphatic rings. The van der Waals surface area contributed by atoms with Crippen LogP contribution in [0, 0.1) is 6.92 Å². The van der Waals surface area contributed by atoms with E-state index in [1.807, 2.05) is 0 Å². The molecule has 0 heterocycles. The first kappa shape index (κ1) is 13.9. The fourth-order valence-corrected chi connectivity index (χ4v) is 3.67. The lowest BCUT2D eigenvalue weighted by atomic mass is 10.2. The van der Waals surface area contributed by atoms with Crippen LogP contribution in [0.4, 0.5) is 5.69 Å². The van der Waals surface area contributed by atoms with Crippen molar-refractivity contribution >= 4 is 31.6 Å². The van der Waals surface area contributed by atoms with E-state index in [2.05, 4.69) is 20.7 Å². The first-order valence-corrected chi connectivity index (χ1v) is 7.75. The smallest absolute Gasteiger partial charge is 0.263 e. The van der Waals surface area contributed by atoms with Gasteiger partial charge < -0.3 is 5.11 Å². The fraction of sp³-hybridized carbons (Fsp3) is 0.0769. The molecule has 2 rings (SSSR count). The van der Waals surface area contributed by atoms with E-state index >= 15 is 0 Å². The minimum absolute atomic E-state index is 0.0712. The van der Waals surface area contributed by atoms with Crippen molar-refractivity contribution in [3.8, 4) is 5.75 Å². The molecule has 0 spiro atoms. The van der Waals surface area contributed by atoms with Gasteiger partial charge in [-0.2, -0.15) is 0 Å². The zero-order valence-corrected chi connectivity index (χ0v) is 12.5. The molecule has 2 aromatic rings. The number of phenolic OH excluding ortho intramolecular Hbond substituents is 1. The number of benzene rings is 2. The van der Waals surface area contributed by atoms with Crippen molar-refractivity contribution in [3.05, 3.63) is 52.5 Å². The molecule has 6 heteroatoms. The summed E-state index contributed by atoms with van der Waals surface area (Å²) in [5, 5.41) is 9.84. The van der Waals surface area contributed by atoms with Gasteiger partial charge in [0.05, 0.1) is 5.69 Å². The number of hydrogen-bond donors (Lipinski definition) is 2. The van der Waals surface area contributed by atoms with Gasteiger partial charge in [0.25, 0.3) is 10.0 Å². The zero-order valence-electron chi connectivity index (χ0n) is 10.1. The Kier molecular flexibility index (Phi) is 3.82. The lowest BCUT2D eigenvalue weighted by Crippen LogP contribution is -2.13. The Morgan fingerprint density at radius 3 is 2.47 bits per heavy atom. The van der Waals surface area contributed by atoms with Gasteiger partial charge in [-0.15, -0.1) is 0 Å². The maximum Gasteiger partial charge on any atom is 0.263 e. The van der Waals surface area contributed by atoms with Crippen LogP contribution in [0.5, 0.6) is 5.75 Å². The van der Waals surface area contributed by atoms with Crippen LogP contribution in [0.25, 0.3) is 0 Å². The molecule has 2 N–H and O–H groups in total. The van der Waals surface area contributed by atoms with Gasteiger partial charge in [-0.25, -0.2) is 8.42 Å². The molecule has 0 saturated carbocycles. The van der Waals surface area contributed by atoms with Crippen LogP contribution in [0.3, 0.4) is 0 Å². The van der Waals surface area contributed by atoms with Crippen molar-refractivity contribution in [1.29, 1.82) is 0 Å². The molecule has 0 amide bonds. The summed E-state index contributed by atoms with van der Waals surface area (Å²) in [7, 11) is -3.74. The van der Waals surface area contributed by atoms with Gasteiger partial charge in [0, 0.05) is 4.47 Å². The molecule has 19 heavy (non-hydrogen) atoms. The van der Waals surface area contributed by atoms with Crippen molar-refractivity contribution in [2.75, 3.05) is 4.72 Å². The topological polar surface area (TPSA) is 66.4 Å². The summed E-state index contributed by atoms with van der Waals surface area (Å²) in [4.78, 5) is 0.121. The maximum absolute atomic E-state index is 12.2. The lowest BCUT2D eigenvalue weighted by molar-refractivity contribution is 0.473. The summed E-state index contributed by atoms with van der Waals surface area (Å²) in [6.45, 7) is 1.70. The fourth-order valence-electron chi connectivity index (χ4n) is 1.60. The van der Waals surface area contributed by atoms with Gasteiger partial charge in [0.2, 0.25) is 0 Å². The average Bonchev–Trinajstić information content (AvgIpc) is 2.35. The number of aromatic hydroxyl groups is 1. The molecule has 0 atom stereocenters. The molecule has 0 unspecified atom stereocenters. The SMILES string of the molecule is Cc1cccc(NS(=O)(=O)c2ccccc2Br)c1O. The Bertz CT molecular complexity index is 714. The standard InChI is InChI=1S/C13H12BrNO3S/c1-9-5-4-7-11(13(9)16)15-19(17,18)12-8-3-2-6-10(12)14/h2-8,15-16H,1H3. The highest BCUT2D eigenvalue weighted by Crippen LogP contribution is 2.30. The number of hydrogen-bond acceptors (Lipinski definition) is 3. The van der Waals surface area contributed by atoms with Crippen LogP contribution in [0.2, 0.25) is 0 Å². The summed E-state index contributed by atoms with van der Waals surface area (Å²) < 4.78 is 27.3. The summed E-state index contributed by atoms with van der Waals surface area (Å²) in [6.07, 6.45) is 0. The van der Waals surface area contributed by atoms with Crippen LogP contribution >= 0.6 is 15.9 Å². The second-order valence-electron chi connectivity index (χ2n) is 4.01. The molecule has 0 aromatic heterocycles. The third kappa shape index (κ3) is 2.90. The Morgan fingerprint density at radius 2 is 1.79 bits per heavy atom. The van der Waals surface area contributed by atoms with Crippen LogP contribution < -0.4 is 4.72 Å². The average molecular weight is 342 g/mol. The van der Waals surface area contributed by atoms with Crippen molar-refractivity contribution in [1.82, 2.24) is 0 Å². The van der Waals surface area contributed by atoms with Crippen molar-refractivity contribution < 1.29 is 13.5 Å². The number of nitrogens with one attached hydrogen (secondary N) is 1. The summed E-state index contributed by atoms with van der Waals surface area (Å²) in [6, 6.07) is 11.4. The molecule has 0 radical (unpaired) electrons. The monoisotopic (exact) mass is 341 g/mol. The molecule has 0 fully saturated rings. The highest BCUT2D eigenvalue weighted by atomic mass is 79.9. The van der Waals surface area contributed by atoms with Crippen LogP contribution in [-0.2, 0) is 10.0 Å². The van der Waals surface area contributed by atoms with Crippen molar-refractivity contribution in [3.63, 3.8) is 0 Å². The zero-order chi connectivity index (χ0) is 14.0. The molecule has 0 aliphatic heterocycles. The number of anilines is 1. The second-order valence-corrected chi connectivity index (χ2v) is 6.51. The van der Waals surface area contributed by atoms with Crippen LogP contribution in [0.15, 0.2) is 51.8 Å². The van der Waals surface area contributed by atoms with E-state index in [1.54, 1.807) is 37.3 Å².